The molecule has 1 aliphatic rings. The average molecular weight is 355 g/mol. The number of methoxy groups -OCH3 is 1. The Hall–Kier alpha value is -2.71. The second kappa shape index (κ2) is 6.30. The molecule has 2 aromatic rings. The molecule has 2 amide bonds. The highest BCUT2D eigenvalue weighted by Gasteiger charge is 2.30. The van der Waals surface area contributed by atoms with Crippen molar-refractivity contribution >= 4 is 22.9 Å². The van der Waals surface area contributed by atoms with Crippen molar-refractivity contribution in [3.05, 3.63) is 35.0 Å². The van der Waals surface area contributed by atoms with Crippen LogP contribution in [-0.4, -0.2) is 48.3 Å². The molecular formula is C16H16F3N3O3. The van der Waals surface area contributed by atoms with Gasteiger partial charge in [-0.2, -0.15) is 13.2 Å². The van der Waals surface area contributed by atoms with Crippen molar-refractivity contribution in [1.82, 2.24) is 15.2 Å². The number of hydrogen-bond donors (Lipinski definition) is 2. The maximum absolute atomic E-state index is 12.3. The summed E-state index contributed by atoms with van der Waals surface area (Å²) in [5.74, 6) is -0.479. The Bertz CT molecular complexity index is 829. The third kappa shape index (κ3) is 3.54. The zero-order valence-electron chi connectivity index (χ0n) is 13.4. The summed E-state index contributed by atoms with van der Waals surface area (Å²) in [6.07, 6.45) is -3.95. The number of nitrogens with zero attached hydrogens (tertiary/aromatic N) is 1. The molecule has 9 heteroatoms. The third-order valence-electron chi connectivity index (χ3n) is 4.12. The van der Waals surface area contributed by atoms with Crippen LogP contribution in [0.5, 0.6) is 0 Å². The predicted molar refractivity (Wildman–Crippen MR) is 83.2 cm³/mol. The third-order valence-corrected chi connectivity index (χ3v) is 4.12. The monoisotopic (exact) mass is 355 g/mol. The van der Waals surface area contributed by atoms with Crippen molar-refractivity contribution < 1.29 is 27.5 Å². The molecule has 0 fully saturated rings. The summed E-state index contributed by atoms with van der Waals surface area (Å²) in [5, 5.41) is 2.64. The van der Waals surface area contributed by atoms with Gasteiger partial charge in [0.1, 0.15) is 6.54 Å². The molecule has 3 rings (SSSR count). The van der Waals surface area contributed by atoms with E-state index < -0.39 is 24.7 Å². The number of H-pyrrole nitrogens is 1. The Morgan fingerprint density at radius 3 is 2.80 bits per heavy atom. The molecule has 2 N–H and O–H groups in total. The molecule has 0 unspecified atom stereocenters. The molecule has 0 saturated carbocycles. The number of carbonyl (C=O) groups excluding carboxylic acids is 2. The van der Waals surface area contributed by atoms with Crippen molar-refractivity contribution in [3.8, 4) is 0 Å². The van der Waals surface area contributed by atoms with Crippen molar-refractivity contribution in [3.63, 3.8) is 0 Å². The number of aromatic nitrogens is 1. The molecule has 0 spiro atoms. The number of alkyl halides is 3. The van der Waals surface area contributed by atoms with Crippen LogP contribution >= 0.6 is 0 Å². The molecule has 6 nitrogen and oxygen atoms in total. The molecule has 0 bridgehead atoms. The van der Waals surface area contributed by atoms with Crippen LogP contribution in [0.1, 0.15) is 21.6 Å². The van der Waals surface area contributed by atoms with Crippen LogP contribution < -0.4 is 5.32 Å². The van der Waals surface area contributed by atoms with E-state index in [-0.39, 0.29) is 6.54 Å². The largest absolute Gasteiger partial charge is 0.465 e. The summed E-state index contributed by atoms with van der Waals surface area (Å²) in [6.45, 7) is -0.882. The number of amides is 2. The summed E-state index contributed by atoms with van der Waals surface area (Å²) < 4.78 is 41.5. The van der Waals surface area contributed by atoms with Gasteiger partial charge in [0.15, 0.2) is 0 Å². The lowest BCUT2D eigenvalue weighted by Crippen LogP contribution is -2.45. The molecular weight excluding hydrogens is 339 g/mol. The summed E-state index contributed by atoms with van der Waals surface area (Å²) in [5.41, 5.74) is 2.89. The normalized spacial score (nSPS) is 14.3. The van der Waals surface area contributed by atoms with Gasteiger partial charge < -0.3 is 19.9 Å². The maximum atomic E-state index is 12.3. The zero-order valence-corrected chi connectivity index (χ0v) is 13.4. The van der Waals surface area contributed by atoms with Crippen LogP contribution in [0, 0.1) is 0 Å². The second-order valence-corrected chi connectivity index (χ2v) is 5.78. The number of urea groups is 1. The molecule has 2 heterocycles. The fourth-order valence-corrected chi connectivity index (χ4v) is 2.92. The fraction of sp³-hybridized carbons (Fsp3) is 0.375. The predicted octanol–water partition coefficient (Wildman–Crippen LogP) is 2.58. The topological polar surface area (TPSA) is 74.4 Å². The van der Waals surface area contributed by atoms with Gasteiger partial charge in [0, 0.05) is 41.7 Å². The number of aromatic amines is 1. The Morgan fingerprint density at radius 1 is 1.36 bits per heavy atom. The first-order valence-corrected chi connectivity index (χ1v) is 7.60. The summed E-state index contributed by atoms with van der Waals surface area (Å²) in [4.78, 5) is 28.2. The van der Waals surface area contributed by atoms with Crippen LogP contribution in [-0.2, 0) is 17.7 Å². The number of carbonyl (C=O) groups is 2. The van der Waals surface area contributed by atoms with E-state index in [0.29, 0.717) is 18.5 Å². The molecule has 0 aliphatic carbocycles. The summed E-state index contributed by atoms with van der Waals surface area (Å²) in [7, 11) is 1.28. The Labute approximate surface area is 140 Å². The van der Waals surface area contributed by atoms with E-state index >= 15 is 0 Å². The number of rotatable bonds is 2. The van der Waals surface area contributed by atoms with Gasteiger partial charge in [-0.25, -0.2) is 9.59 Å². The van der Waals surface area contributed by atoms with E-state index in [4.69, 9.17) is 4.74 Å². The van der Waals surface area contributed by atoms with Gasteiger partial charge in [-0.3, -0.25) is 0 Å². The molecule has 1 aromatic carbocycles. The van der Waals surface area contributed by atoms with Crippen LogP contribution in [0.3, 0.4) is 0 Å². The number of halogens is 3. The Balaban J connectivity index is 1.84. The van der Waals surface area contributed by atoms with Crippen LogP contribution in [0.15, 0.2) is 18.2 Å². The Kier molecular flexibility index (Phi) is 4.32. The lowest BCUT2D eigenvalue weighted by atomic mass is 10.0. The van der Waals surface area contributed by atoms with Crippen molar-refractivity contribution in [2.45, 2.75) is 19.1 Å². The van der Waals surface area contributed by atoms with Gasteiger partial charge in [-0.05, 0) is 18.2 Å². The van der Waals surface area contributed by atoms with Gasteiger partial charge >= 0.3 is 18.2 Å². The number of nitrogens with one attached hydrogen (secondary N) is 2. The van der Waals surface area contributed by atoms with Crippen molar-refractivity contribution in [2.75, 3.05) is 20.2 Å². The van der Waals surface area contributed by atoms with Crippen molar-refractivity contribution in [1.29, 1.82) is 0 Å². The molecule has 0 saturated heterocycles. The highest BCUT2D eigenvalue weighted by molar-refractivity contribution is 5.96. The smallest absolute Gasteiger partial charge is 0.405 e. The van der Waals surface area contributed by atoms with Crippen LogP contribution in [0.25, 0.3) is 10.9 Å². The van der Waals surface area contributed by atoms with Gasteiger partial charge in [-0.1, -0.05) is 0 Å². The van der Waals surface area contributed by atoms with Gasteiger partial charge in [0.05, 0.1) is 12.7 Å². The van der Waals surface area contributed by atoms with Crippen molar-refractivity contribution in [2.24, 2.45) is 0 Å². The summed E-state index contributed by atoms with van der Waals surface area (Å²) in [6, 6.07) is 4.27. The van der Waals surface area contributed by atoms with E-state index in [1.165, 1.54) is 12.0 Å². The number of benzene rings is 1. The first-order valence-electron chi connectivity index (χ1n) is 7.60. The molecule has 0 radical (unpaired) electrons. The van der Waals surface area contributed by atoms with E-state index in [2.05, 4.69) is 4.98 Å². The number of fused-ring (bicyclic) bond motifs is 3. The fourth-order valence-electron chi connectivity index (χ4n) is 2.92. The SMILES string of the molecule is COC(=O)c1ccc2[nH]c3c(c2c1)CN(C(=O)NCC(F)(F)F)CC3. The molecule has 25 heavy (non-hydrogen) atoms. The number of ether oxygens (including phenoxy) is 1. The minimum absolute atomic E-state index is 0.170. The minimum Gasteiger partial charge on any atom is -0.465 e. The molecule has 134 valence electrons. The van der Waals surface area contributed by atoms with E-state index in [1.54, 1.807) is 18.2 Å². The minimum atomic E-state index is -4.45. The standard InChI is InChI=1S/C16H16F3N3O3/c1-25-14(23)9-2-3-12-10(6-9)11-7-22(5-4-13(11)21-12)15(24)20-8-16(17,18)19/h2-3,6,21H,4-5,7-8H2,1H3,(H,20,24). The van der Waals surface area contributed by atoms with Gasteiger partial charge in [0.2, 0.25) is 0 Å². The quantitative estimate of drug-likeness (QED) is 0.813. The van der Waals surface area contributed by atoms with Crippen LogP contribution in [0.2, 0.25) is 0 Å². The highest BCUT2D eigenvalue weighted by Crippen LogP contribution is 2.29. The first-order chi connectivity index (χ1) is 11.8. The summed E-state index contributed by atoms with van der Waals surface area (Å²) >= 11 is 0. The molecule has 1 aliphatic heterocycles. The first kappa shape index (κ1) is 17.1. The number of hydrogen-bond acceptors (Lipinski definition) is 3. The zero-order chi connectivity index (χ0) is 18.2. The highest BCUT2D eigenvalue weighted by atomic mass is 19.4. The van der Waals surface area contributed by atoms with E-state index in [9.17, 15) is 22.8 Å². The van der Waals surface area contributed by atoms with E-state index in [0.717, 1.165) is 22.2 Å². The molecule has 0 atom stereocenters. The average Bonchev–Trinajstić information content (AvgIpc) is 2.95. The molecule has 1 aromatic heterocycles. The second-order valence-electron chi connectivity index (χ2n) is 5.78. The maximum Gasteiger partial charge on any atom is 0.405 e. The van der Waals surface area contributed by atoms with Gasteiger partial charge in [-0.15, -0.1) is 0 Å². The van der Waals surface area contributed by atoms with Crippen LogP contribution in [0.4, 0.5) is 18.0 Å². The number of esters is 1. The van der Waals surface area contributed by atoms with Gasteiger partial charge in [0.25, 0.3) is 0 Å². The lowest BCUT2D eigenvalue weighted by Gasteiger charge is -2.27. The Morgan fingerprint density at radius 2 is 2.12 bits per heavy atom. The lowest BCUT2D eigenvalue weighted by molar-refractivity contribution is -0.123. The van der Waals surface area contributed by atoms with E-state index in [1.807, 2.05) is 5.32 Å².